The Bertz CT molecular complexity index is 574. The van der Waals surface area contributed by atoms with Crippen LogP contribution in [0.5, 0.6) is 0 Å². The maximum absolute atomic E-state index is 4.40. The van der Waals surface area contributed by atoms with Gasteiger partial charge in [-0.1, -0.05) is 48.9 Å². The Morgan fingerprint density at radius 1 is 1.27 bits per heavy atom. The highest BCUT2D eigenvalue weighted by Gasteiger charge is 2.19. The Hall–Kier alpha value is -1.08. The molecular formula is C21H35IN4. The Morgan fingerprint density at radius 2 is 1.88 bits per heavy atom. The van der Waals surface area contributed by atoms with Gasteiger partial charge in [-0.3, -0.25) is 9.89 Å². The molecule has 1 aliphatic rings. The van der Waals surface area contributed by atoms with Crippen molar-refractivity contribution in [2.24, 2.45) is 4.99 Å². The number of guanidine groups is 1. The molecule has 4 nitrogen and oxygen atoms in total. The summed E-state index contributed by atoms with van der Waals surface area (Å²) in [6, 6.07) is 9.29. The van der Waals surface area contributed by atoms with Crippen LogP contribution in [0.2, 0.25) is 0 Å². The number of nitrogens with one attached hydrogen (secondary N) is 2. The number of hydrogen-bond donors (Lipinski definition) is 2. The van der Waals surface area contributed by atoms with E-state index in [4.69, 9.17) is 0 Å². The fraction of sp³-hybridized carbons (Fsp3) is 0.571. The average molecular weight is 470 g/mol. The van der Waals surface area contributed by atoms with Crippen LogP contribution in [0.15, 0.2) is 41.4 Å². The van der Waals surface area contributed by atoms with Crippen molar-refractivity contribution in [3.8, 4) is 0 Å². The number of likely N-dealkylation sites (tertiary alicyclic amines) is 1. The van der Waals surface area contributed by atoms with Gasteiger partial charge in [-0.25, -0.2) is 0 Å². The molecule has 0 spiro atoms. The summed E-state index contributed by atoms with van der Waals surface area (Å²) < 4.78 is 0. The smallest absolute Gasteiger partial charge is 0.191 e. The number of halogens is 1. The van der Waals surface area contributed by atoms with Crippen LogP contribution in [0.1, 0.15) is 43.7 Å². The maximum Gasteiger partial charge on any atom is 0.191 e. The second-order valence-electron chi connectivity index (χ2n) is 7.42. The van der Waals surface area contributed by atoms with E-state index in [0.717, 1.165) is 45.0 Å². The summed E-state index contributed by atoms with van der Waals surface area (Å²) in [5.74, 6) is 1.37. The van der Waals surface area contributed by atoms with E-state index in [1.165, 1.54) is 16.7 Å². The van der Waals surface area contributed by atoms with Crippen LogP contribution in [0, 0.1) is 6.92 Å². The molecule has 0 aliphatic carbocycles. The molecule has 0 aromatic heterocycles. The van der Waals surface area contributed by atoms with Gasteiger partial charge < -0.3 is 10.6 Å². The van der Waals surface area contributed by atoms with Crippen molar-refractivity contribution >= 4 is 29.9 Å². The Kier molecular flexibility index (Phi) is 10.2. The molecular weight excluding hydrogens is 435 g/mol. The highest BCUT2D eigenvalue weighted by molar-refractivity contribution is 14.0. The fourth-order valence-electron chi connectivity index (χ4n) is 3.27. The van der Waals surface area contributed by atoms with Crippen molar-refractivity contribution in [2.75, 3.05) is 33.2 Å². The van der Waals surface area contributed by atoms with Crippen molar-refractivity contribution in [3.63, 3.8) is 0 Å². The summed E-state index contributed by atoms with van der Waals surface area (Å²) in [5, 5.41) is 7.07. The molecule has 1 aromatic carbocycles. The summed E-state index contributed by atoms with van der Waals surface area (Å²) in [6.45, 7) is 14.7. The molecule has 146 valence electrons. The quantitative estimate of drug-likeness (QED) is 0.287. The van der Waals surface area contributed by atoms with Crippen LogP contribution < -0.4 is 10.6 Å². The van der Waals surface area contributed by atoms with E-state index in [1.54, 1.807) is 0 Å². The summed E-state index contributed by atoms with van der Waals surface area (Å²) in [5.41, 5.74) is 3.91. The normalized spacial score (nSPS) is 17.3. The molecule has 1 unspecified atom stereocenters. The number of rotatable bonds is 6. The molecule has 0 bridgehead atoms. The van der Waals surface area contributed by atoms with Crippen molar-refractivity contribution in [2.45, 2.75) is 45.6 Å². The minimum atomic E-state index is 0. The lowest BCUT2D eigenvalue weighted by atomic mass is 10.00. The Balaban J connectivity index is 0.00000338. The molecule has 26 heavy (non-hydrogen) atoms. The van der Waals surface area contributed by atoms with E-state index in [0.29, 0.717) is 12.0 Å². The zero-order valence-corrected chi connectivity index (χ0v) is 19.0. The number of aryl methyl sites for hydroxylation is 1. The number of piperidine rings is 1. The lowest BCUT2D eigenvalue weighted by Crippen LogP contribution is -2.49. The highest BCUT2D eigenvalue weighted by Crippen LogP contribution is 2.15. The van der Waals surface area contributed by atoms with E-state index in [1.807, 2.05) is 7.05 Å². The number of nitrogens with zero attached hydrogens (tertiary/aromatic N) is 2. The molecule has 2 N–H and O–H groups in total. The van der Waals surface area contributed by atoms with Gasteiger partial charge in [0.05, 0.1) is 0 Å². The number of hydrogen-bond acceptors (Lipinski definition) is 2. The van der Waals surface area contributed by atoms with Crippen molar-refractivity contribution in [1.29, 1.82) is 0 Å². The fourth-order valence-corrected chi connectivity index (χ4v) is 3.27. The second kappa shape index (κ2) is 11.6. The lowest BCUT2D eigenvalue weighted by Gasteiger charge is -2.33. The molecule has 1 aliphatic heterocycles. The van der Waals surface area contributed by atoms with E-state index in [2.05, 4.69) is 72.1 Å². The molecule has 1 fully saturated rings. The molecule has 5 heteroatoms. The van der Waals surface area contributed by atoms with Gasteiger partial charge >= 0.3 is 0 Å². The topological polar surface area (TPSA) is 39.7 Å². The van der Waals surface area contributed by atoms with Crippen molar-refractivity contribution in [1.82, 2.24) is 15.5 Å². The first kappa shape index (κ1) is 23.0. The van der Waals surface area contributed by atoms with E-state index in [9.17, 15) is 0 Å². The summed E-state index contributed by atoms with van der Waals surface area (Å²) >= 11 is 0. The van der Waals surface area contributed by atoms with E-state index < -0.39 is 0 Å². The van der Waals surface area contributed by atoms with Gasteiger partial charge in [0.1, 0.15) is 0 Å². The molecule has 1 saturated heterocycles. The molecule has 1 atom stereocenters. The van der Waals surface area contributed by atoms with Gasteiger partial charge in [-0.05, 0) is 38.2 Å². The number of aliphatic imine (C=N–C) groups is 1. The second-order valence-corrected chi connectivity index (χ2v) is 7.42. The monoisotopic (exact) mass is 470 g/mol. The SMILES string of the molecule is C=C(C)CN1CCC(NC(=NC)NCC(C)c2ccc(C)cc2)CC1.I. The van der Waals surface area contributed by atoms with Crippen LogP contribution >= 0.6 is 24.0 Å². The maximum atomic E-state index is 4.40. The standard InChI is InChI=1S/C21H34N4.HI/c1-16(2)15-25-12-10-20(11-13-25)24-21(22-5)23-14-18(4)19-8-6-17(3)7-9-19;/h6-9,18,20H,1,10-15H2,2-5H3,(H2,22,23,24);1H. The van der Waals surface area contributed by atoms with Crippen LogP contribution in [0.4, 0.5) is 0 Å². The first-order valence-electron chi connectivity index (χ1n) is 9.38. The third-order valence-corrected chi connectivity index (χ3v) is 4.87. The molecule has 0 amide bonds. The van der Waals surface area contributed by atoms with Crippen molar-refractivity contribution in [3.05, 3.63) is 47.5 Å². The van der Waals surface area contributed by atoms with Gasteiger partial charge in [0.2, 0.25) is 0 Å². The largest absolute Gasteiger partial charge is 0.356 e. The van der Waals surface area contributed by atoms with Gasteiger partial charge in [0, 0.05) is 39.3 Å². The molecule has 1 heterocycles. The number of benzene rings is 1. The third kappa shape index (κ3) is 7.66. The van der Waals surface area contributed by atoms with E-state index in [-0.39, 0.29) is 24.0 Å². The summed E-state index contributed by atoms with van der Waals surface area (Å²) in [7, 11) is 1.85. The lowest BCUT2D eigenvalue weighted by molar-refractivity contribution is 0.221. The first-order valence-corrected chi connectivity index (χ1v) is 9.38. The van der Waals surface area contributed by atoms with Crippen LogP contribution in [-0.4, -0.2) is 50.1 Å². The van der Waals surface area contributed by atoms with Gasteiger partial charge in [-0.2, -0.15) is 0 Å². The average Bonchev–Trinajstić information content (AvgIpc) is 2.60. The van der Waals surface area contributed by atoms with Crippen LogP contribution in [0.3, 0.4) is 0 Å². The van der Waals surface area contributed by atoms with Gasteiger partial charge in [-0.15, -0.1) is 24.0 Å². The molecule has 0 saturated carbocycles. The zero-order chi connectivity index (χ0) is 18.2. The minimum absolute atomic E-state index is 0. The Morgan fingerprint density at radius 3 is 2.42 bits per heavy atom. The van der Waals surface area contributed by atoms with Crippen LogP contribution in [0.25, 0.3) is 0 Å². The third-order valence-electron chi connectivity index (χ3n) is 4.87. The molecule has 1 aromatic rings. The summed E-state index contributed by atoms with van der Waals surface area (Å²) in [4.78, 5) is 6.88. The first-order chi connectivity index (χ1) is 12.0. The minimum Gasteiger partial charge on any atom is -0.356 e. The zero-order valence-electron chi connectivity index (χ0n) is 16.7. The molecule has 0 radical (unpaired) electrons. The highest BCUT2D eigenvalue weighted by atomic mass is 127. The van der Waals surface area contributed by atoms with Crippen molar-refractivity contribution < 1.29 is 0 Å². The predicted molar refractivity (Wildman–Crippen MR) is 124 cm³/mol. The predicted octanol–water partition coefficient (Wildman–Crippen LogP) is 3.92. The van der Waals surface area contributed by atoms with Gasteiger partial charge in [0.15, 0.2) is 5.96 Å². The Labute approximate surface area is 176 Å². The summed E-state index contributed by atoms with van der Waals surface area (Å²) in [6.07, 6.45) is 2.31. The van der Waals surface area contributed by atoms with Gasteiger partial charge in [0.25, 0.3) is 0 Å². The molecule has 2 rings (SSSR count). The van der Waals surface area contributed by atoms with Crippen LogP contribution in [-0.2, 0) is 0 Å². The van der Waals surface area contributed by atoms with E-state index >= 15 is 0 Å².